The first-order valence-corrected chi connectivity index (χ1v) is 6.90. The molecule has 0 unspecified atom stereocenters. The number of nitrogens with one attached hydrogen (secondary N) is 2. The number of hydrogen-bond acceptors (Lipinski definition) is 2. The lowest BCUT2D eigenvalue weighted by Gasteiger charge is -2.12. The number of aromatic amines is 1. The fourth-order valence-corrected chi connectivity index (χ4v) is 2.55. The van der Waals surface area contributed by atoms with E-state index in [4.69, 9.17) is 0 Å². The van der Waals surface area contributed by atoms with Gasteiger partial charge in [0.2, 0.25) is 0 Å². The predicted octanol–water partition coefficient (Wildman–Crippen LogP) is 2.25. The molecule has 104 valence electrons. The Morgan fingerprint density at radius 1 is 1.25 bits per heavy atom. The number of fused-ring (bicyclic) bond motifs is 1. The maximum atomic E-state index is 12.0. The van der Waals surface area contributed by atoms with Crippen LogP contribution in [0.15, 0.2) is 30.3 Å². The largest absolute Gasteiger partial charge is 0.355 e. The topological polar surface area (TPSA) is 48.1 Å². The van der Waals surface area contributed by atoms with Gasteiger partial charge in [0.05, 0.1) is 0 Å². The maximum Gasteiger partial charge on any atom is 0.253 e. The average molecular weight is 269 g/mol. The summed E-state index contributed by atoms with van der Waals surface area (Å²) in [7, 11) is 3.54. The van der Waals surface area contributed by atoms with Gasteiger partial charge in [-0.05, 0) is 42.8 Å². The van der Waals surface area contributed by atoms with Gasteiger partial charge in [0.15, 0.2) is 0 Å². The maximum absolute atomic E-state index is 12.0. The fourth-order valence-electron chi connectivity index (χ4n) is 2.55. The van der Waals surface area contributed by atoms with E-state index in [1.807, 2.05) is 18.2 Å². The average Bonchev–Trinajstić information content (AvgIpc) is 2.90. The molecule has 20 heavy (non-hydrogen) atoms. The Kier molecular flexibility index (Phi) is 3.32. The van der Waals surface area contributed by atoms with Crippen LogP contribution < -0.4 is 5.32 Å². The molecule has 0 spiro atoms. The van der Waals surface area contributed by atoms with E-state index >= 15 is 0 Å². The minimum Gasteiger partial charge on any atom is -0.355 e. The third kappa shape index (κ3) is 2.34. The second-order valence-corrected chi connectivity index (χ2v) is 5.38. The van der Waals surface area contributed by atoms with E-state index in [0.29, 0.717) is 0 Å². The molecule has 3 rings (SSSR count). The summed E-state index contributed by atoms with van der Waals surface area (Å²) in [5, 5.41) is 4.46. The van der Waals surface area contributed by atoms with Crippen molar-refractivity contribution in [1.82, 2.24) is 15.2 Å². The van der Waals surface area contributed by atoms with Crippen LogP contribution in [0.25, 0.3) is 16.5 Å². The molecule has 0 saturated heterocycles. The SMILES string of the molecule is CN(C)C(=O)c1ccc2[nH]c(C3=CCCNC3)cc2c1. The highest BCUT2D eigenvalue weighted by atomic mass is 16.2. The van der Waals surface area contributed by atoms with E-state index in [9.17, 15) is 4.79 Å². The van der Waals surface area contributed by atoms with E-state index in [1.54, 1.807) is 19.0 Å². The third-order valence-electron chi connectivity index (χ3n) is 3.65. The first kappa shape index (κ1) is 12.9. The minimum atomic E-state index is 0.0354. The summed E-state index contributed by atoms with van der Waals surface area (Å²) >= 11 is 0. The van der Waals surface area contributed by atoms with Crippen LogP contribution in [0.4, 0.5) is 0 Å². The van der Waals surface area contributed by atoms with Crippen molar-refractivity contribution in [2.45, 2.75) is 6.42 Å². The first-order valence-electron chi connectivity index (χ1n) is 6.90. The highest BCUT2D eigenvalue weighted by molar-refractivity contribution is 5.98. The van der Waals surface area contributed by atoms with E-state index < -0.39 is 0 Å². The molecular weight excluding hydrogens is 250 g/mol. The van der Waals surface area contributed by atoms with Gasteiger partial charge in [0, 0.05) is 42.8 Å². The molecule has 2 N–H and O–H groups in total. The van der Waals surface area contributed by atoms with Crippen LogP contribution in [-0.4, -0.2) is 43.0 Å². The van der Waals surface area contributed by atoms with Crippen molar-refractivity contribution >= 4 is 22.4 Å². The Morgan fingerprint density at radius 2 is 2.10 bits per heavy atom. The molecule has 1 aliphatic heterocycles. The van der Waals surface area contributed by atoms with Crippen molar-refractivity contribution in [3.05, 3.63) is 41.6 Å². The van der Waals surface area contributed by atoms with Crippen LogP contribution in [0.2, 0.25) is 0 Å². The summed E-state index contributed by atoms with van der Waals surface area (Å²) < 4.78 is 0. The summed E-state index contributed by atoms with van der Waals surface area (Å²) in [5.74, 6) is 0.0354. The lowest BCUT2D eigenvalue weighted by molar-refractivity contribution is 0.0828. The first-order chi connectivity index (χ1) is 9.65. The molecule has 2 heterocycles. The fraction of sp³-hybridized carbons (Fsp3) is 0.312. The second kappa shape index (κ2) is 5.13. The lowest BCUT2D eigenvalue weighted by atomic mass is 10.1. The number of carbonyl (C=O) groups excluding carboxylic acids is 1. The molecule has 0 saturated carbocycles. The van der Waals surface area contributed by atoms with Gasteiger partial charge in [-0.25, -0.2) is 0 Å². The number of H-pyrrole nitrogens is 1. The zero-order valence-electron chi connectivity index (χ0n) is 11.9. The van der Waals surface area contributed by atoms with Crippen LogP contribution in [-0.2, 0) is 0 Å². The molecule has 0 bridgehead atoms. The monoisotopic (exact) mass is 269 g/mol. The number of carbonyl (C=O) groups is 1. The number of rotatable bonds is 2. The lowest BCUT2D eigenvalue weighted by Crippen LogP contribution is -2.21. The number of nitrogens with zero attached hydrogens (tertiary/aromatic N) is 1. The third-order valence-corrected chi connectivity index (χ3v) is 3.65. The molecule has 2 aromatic rings. The van der Waals surface area contributed by atoms with Gasteiger partial charge in [-0.2, -0.15) is 0 Å². The van der Waals surface area contributed by atoms with Gasteiger partial charge in [-0.15, -0.1) is 0 Å². The molecule has 1 aromatic heterocycles. The molecule has 0 fully saturated rings. The zero-order chi connectivity index (χ0) is 14.1. The Labute approximate surface area is 118 Å². The van der Waals surface area contributed by atoms with Crippen LogP contribution >= 0.6 is 0 Å². The number of benzene rings is 1. The van der Waals surface area contributed by atoms with Gasteiger partial charge in [-0.1, -0.05) is 6.08 Å². The number of amides is 1. The van der Waals surface area contributed by atoms with E-state index in [0.717, 1.165) is 41.7 Å². The molecule has 4 nitrogen and oxygen atoms in total. The molecule has 4 heteroatoms. The number of aromatic nitrogens is 1. The number of hydrogen-bond donors (Lipinski definition) is 2. The molecule has 1 amide bonds. The van der Waals surface area contributed by atoms with Gasteiger partial charge in [0.1, 0.15) is 0 Å². The Balaban J connectivity index is 1.99. The highest BCUT2D eigenvalue weighted by Gasteiger charge is 2.12. The van der Waals surface area contributed by atoms with Crippen LogP contribution in [0, 0.1) is 0 Å². The predicted molar refractivity (Wildman–Crippen MR) is 81.8 cm³/mol. The van der Waals surface area contributed by atoms with E-state index in [1.165, 1.54) is 5.57 Å². The minimum absolute atomic E-state index is 0.0354. The Morgan fingerprint density at radius 3 is 2.80 bits per heavy atom. The summed E-state index contributed by atoms with van der Waals surface area (Å²) in [6.45, 7) is 1.95. The normalized spacial score (nSPS) is 15.2. The van der Waals surface area contributed by atoms with Crippen molar-refractivity contribution < 1.29 is 4.79 Å². The summed E-state index contributed by atoms with van der Waals surface area (Å²) in [5.41, 5.74) is 4.24. The van der Waals surface area contributed by atoms with Gasteiger partial charge in [0.25, 0.3) is 5.91 Å². The molecule has 0 radical (unpaired) electrons. The quantitative estimate of drug-likeness (QED) is 0.878. The van der Waals surface area contributed by atoms with E-state index in [-0.39, 0.29) is 5.91 Å². The Hall–Kier alpha value is -2.07. The standard InChI is InChI=1S/C16H19N3O/c1-19(2)16(20)11-5-6-14-13(8-11)9-15(18-14)12-4-3-7-17-10-12/h4-6,8-9,17-18H,3,7,10H2,1-2H3. The smallest absolute Gasteiger partial charge is 0.253 e. The van der Waals surface area contributed by atoms with Crippen molar-refractivity contribution in [2.75, 3.05) is 27.2 Å². The van der Waals surface area contributed by atoms with Crippen molar-refractivity contribution in [3.63, 3.8) is 0 Å². The van der Waals surface area contributed by atoms with Crippen molar-refractivity contribution in [2.24, 2.45) is 0 Å². The van der Waals surface area contributed by atoms with Crippen LogP contribution in [0.1, 0.15) is 22.5 Å². The zero-order valence-corrected chi connectivity index (χ0v) is 11.9. The Bertz CT molecular complexity index is 682. The second-order valence-electron chi connectivity index (χ2n) is 5.38. The molecule has 0 aliphatic carbocycles. The van der Waals surface area contributed by atoms with Crippen molar-refractivity contribution in [1.29, 1.82) is 0 Å². The van der Waals surface area contributed by atoms with Gasteiger partial charge in [-0.3, -0.25) is 4.79 Å². The molecule has 1 aromatic carbocycles. The summed E-state index contributed by atoms with van der Waals surface area (Å²) in [6.07, 6.45) is 3.34. The van der Waals surface area contributed by atoms with Crippen LogP contribution in [0.3, 0.4) is 0 Å². The molecular formula is C16H19N3O. The summed E-state index contributed by atoms with van der Waals surface area (Å²) in [6, 6.07) is 7.93. The summed E-state index contributed by atoms with van der Waals surface area (Å²) in [4.78, 5) is 17.0. The van der Waals surface area contributed by atoms with Crippen molar-refractivity contribution in [3.8, 4) is 0 Å². The molecule has 1 aliphatic rings. The van der Waals surface area contributed by atoms with Crippen LogP contribution in [0.5, 0.6) is 0 Å². The van der Waals surface area contributed by atoms with Gasteiger partial charge >= 0.3 is 0 Å². The van der Waals surface area contributed by atoms with E-state index in [2.05, 4.69) is 22.4 Å². The van der Waals surface area contributed by atoms with Gasteiger partial charge < -0.3 is 15.2 Å². The highest BCUT2D eigenvalue weighted by Crippen LogP contribution is 2.23. The molecule has 0 atom stereocenters.